The molecule has 0 amide bonds. The van der Waals surface area contributed by atoms with E-state index in [0.29, 0.717) is 5.92 Å². The molecule has 6 heteroatoms. The molecule has 0 aliphatic carbocycles. The Bertz CT molecular complexity index is 524. The first-order valence-corrected chi connectivity index (χ1v) is 10.1. The zero-order valence-corrected chi connectivity index (χ0v) is 15.2. The van der Waals surface area contributed by atoms with Crippen LogP contribution in [0.15, 0.2) is 4.42 Å². The summed E-state index contributed by atoms with van der Waals surface area (Å²) in [5.41, 5.74) is 0. The lowest BCUT2D eigenvalue weighted by Gasteiger charge is -2.39. The summed E-state index contributed by atoms with van der Waals surface area (Å²) >= 11 is 0. The fourth-order valence-corrected chi connectivity index (χ4v) is 4.52. The van der Waals surface area contributed by atoms with Gasteiger partial charge in [0.1, 0.15) is 0 Å². The fourth-order valence-electron chi connectivity index (χ4n) is 4.52. The highest BCUT2D eigenvalue weighted by atomic mass is 16.5. The van der Waals surface area contributed by atoms with E-state index in [9.17, 15) is 0 Å². The largest absolute Gasteiger partial charge is 0.425 e. The standard InChI is InChI=1S/C19H31N3O3/c1-2-15(14-22(9-1)17-7-12-24-13-8-17)3-4-18-20-21-19(25-18)16-5-10-23-11-6-16/h15-17H,1-14H2. The van der Waals surface area contributed by atoms with E-state index in [0.717, 1.165) is 75.9 Å². The highest BCUT2D eigenvalue weighted by Crippen LogP contribution is 2.28. The molecule has 1 aromatic heterocycles. The molecule has 0 spiro atoms. The predicted molar refractivity (Wildman–Crippen MR) is 93.6 cm³/mol. The molecule has 3 aliphatic rings. The normalized spacial score (nSPS) is 27.6. The van der Waals surface area contributed by atoms with E-state index in [1.54, 1.807) is 0 Å². The summed E-state index contributed by atoms with van der Waals surface area (Å²) in [5.74, 6) is 2.80. The Morgan fingerprint density at radius 3 is 2.48 bits per heavy atom. The van der Waals surface area contributed by atoms with Crippen LogP contribution in [-0.4, -0.2) is 60.7 Å². The van der Waals surface area contributed by atoms with Gasteiger partial charge < -0.3 is 13.9 Å². The van der Waals surface area contributed by atoms with Crippen molar-refractivity contribution in [1.82, 2.24) is 15.1 Å². The second-order valence-corrected chi connectivity index (χ2v) is 7.81. The lowest BCUT2D eigenvalue weighted by molar-refractivity contribution is 0.0168. The van der Waals surface area contributed by atoms with Crippen LogP contribution in [0, 0.1) is 5.92 Å². The van der Waals surface area contributed by atoms with E-state index in [4.69, 9.17) is 13.9 Å². The average molecular weight is 349 g/mol. The molecule has 140 valence electrons. The maximum atomic E-state index is 5.95. The third-order valence-electron chi connectivity index (χ3n) is 6.08. The summed E-state index contributed by atoms with van der Waals surface area (Å²) in [6.07, 6.45) is 9.14. The van der Waals surface area contributed by atoms with Gasteiger partial charge in [0, 0.05) is 51.4 Å². The molecule has 3 aliphatic heterocycles. The van der Waals surface area contributed by atoms with E-state index < -0.39 is 0 Å². The Morgan fingerprint density at radius 1 is 0.920 bits per heavy atom. The van der Waals surface area contributed by atoms with Crippen molar-refractivity contribution in [1.29, 1.82) is 0 Å². The van der Waals surface area contributed by atoms with Gasteiger partial charge in [-0.1, -0.05) is 0 Å². The molecule has 6 nitrogen and oxygen atoms in total. The van der Waals surface area contributed by atoms with Gasteiger partial charge in [0.2, 0.25) is 11.8 Å². The van der Waals surface area contributed by atoms with Gasteiger partial charge in [-0.05, 0) is 57.4 Å². The molecule has 0 radical (unpaired) electrons. The number of hydrogen-bond acceptors (Lipinski definition) is 6. The zero-order valence-electron chi connectivity index (χ0n) is 15.2. The van der Waals surface area contributed by atoms with E-state index in [1.807, 2.05) is 0 Å². The molecule has 25 heavy (non-hydrogen) atoms. The summed E-state index contributed by atoms with van der Waals surface area (Å²) in [6.45, 7) is 5.98. The lowest BCUT2D eigenvalue weighted by Crippen LogP contribution is -2.45. The molecular formula is C19H31N3O3. The van der Waals surface area contributed by atoms with Crippen LogP contribution in [0.5, 0.6) is 0 Å². The van der Waals surface area contributed by atoms with Crippen LogP contribution < -0.4 is 0 Å². The second kappa shape index (κ2) is 8.60. The van der Waals surface area contributed by atoms with Gasteiger partial charge in [-0.2, -0.15) is 0 Å². The Morgan fingerprint density at radius 2 is 1.68 bits per heavy atom. The molecule has 4 heterocycles. The number of likely N-dealkylation sites (tertiary alicyclic amines) is 1. The SMILES string of the molecule is C1CC(CCc2nnc(C3CCOCC3)o2)CN(C2CCOCC2)C1. The smallest absolute Gasteiger partial charge is 0.219 e. The first-order chi connectivity index (χ1) is 12.4. The fraction of sp³-hybridized carbons (Fsp3) is 0.895. The maximum absolute atomic E-state index is 5.95. The minimum Gasteiger partial charge on any atom is -0.425 e. The Kier molecular flexibility index (Phi) is 6.00. The second-order valence-electron chi connectivity index (χ2n) is 7.81. The highest BCUT2D eigenvalue weighted by Gasteiger charge is 2.27. The third kappa shape index (κ3) is 4.60. The lowest BCUT2D eigenvalue weighted by atomic mass is 9.91. The number of piperidine rings is 1. The summed E-state index contributed by atoms with van der Waals surface area (Å²) in [7, 11) is 0. The molecule has 1 atom stereocenters. The van der Waals surface area contributed by atoms with Crippen LogP contribution in [0.25, 0.3) is 0 Å². The number of nitrogens with zero attached hydrogens (tertiary/aromatic N) is 3. The first-order valence-electron chi connectivity index (χ1n) is 10.1. The van der Waals surface area contributed by atoms with Crippen molar-refractivity contribution in [3.05, 3.63) is 11.8 Å². The molecule has 0 N–H and O–H groups in total. The maximum Gasteiger partial charge on any atom is 0.219 e. The minimum atomic E-state index is 0.397. The molecular weight excluding hydrogens is 318 g/mol. The van der Waals surface area contributed by atoms with E-state index >= 15 is 0 Å². The number of aryl methyl sites for hydroxylation is 1. The van der Waals surface area contributed by atoms with Crippen molar-refractivity contribution in [2.75, 3.05) is 39.5 Å². The van der Waals surface area contributed by atoms with Crippen LogP contribution in [0.3, 0.4) is 0 Å². The molecule has 3 saturated heterocycles. The third-order valence-corrected chi connectivity index (χ3v) is 6.08. The highest BCUT2D eigenvalue weighted by molar-refractivity contribution is 4.93. The van der Waals surface area contributed by atoms with Crippen molar-refractivity contribution < 1.29 is 13.9 Å². The molecule has 1 aromatic rings. The van der Waals surface area contributed by atoms with Crippen LogP contribution in [0.1, 0.15) is 62.6 Å². The topological polar surface area (TPSA) is 60.6 Å². The molecule has 0 bridgehead atoms. The van der Waals surface area contributed by atoms with Gasteiger partial charge in [-0.25, -0.2) is 0 Å². The summed E-state index contributed by atoms with van der Waals surface area (Å²) in [5, 5.41) is 8.59. The molecule has 4 rings (SSSR count). The van der Waals surface area contributed by atoms with Crippen LogP contribution in [-0.2, 0) is 15.9 Å². The van der Waals surface area contributed by atoms with E-state index in [-0.39, 0.29) is 0 Å². The number of aromatic nitrogens is 2. The number of ether oxygens (including phenoxy) is 2. The molecule has 0 aromatic carbocycles. The Hall–Kier alpha value is -0.980. The van der Waals surface area contributed by atoms with Crippen molar-refractivity contribution >= 4 is 0 Å². The molecule has 3 fully saturated rings. The summed E-state index contributed by atoms with van der Waals surface area (Å²) in [4.78, 5) is 2.71. The van der Waals surface area contributed by atoms with Gasteiger partial charge in [-0.3, -0.25) is 4.90 Å². The van der Waals surface area contributed by atoms with Crippen molar-refractivity contribution in [3.8, 4) is 0 Å². The van der Waals surface area contributed by atoms with Gasteiger partial charge in [0.05, 0.1) is 0 Å². The molecule has 0 saturated carbocycles. The average Bonchev–Trinajstić information content (AvgIpc) is 3.17. The summed E-state index contributed by atoms with van der Waals surface area (Å²) in [6, 6.07) is 0.736. The Balaban J connectivity index is 1.25. The van der Waals surface area contributed by atoms with E-state index in [2.05, 4.69) is 15.1 Å². The first kappa shape index (κ1) is 17.4. The van der Waals surface area contributed by atoms with Gasteiger partial charge >= 0.3 is 0 Å². The van der Waals surface area contributed by atoms with Crippen LogP contribution >= 0.6 is 0 Å². The monoisotopic (exact) mass is 349 g/mol. The van der Waals surface area contributed by atoms with Crippen LogP contribution in [0.4, 0.5) is 0 Å². The van der Waals surface area contributed by atoms with Gasteiger partial charge in [0.15, 0.2) is 0 Å². The van der Waals surface area contributed by atoms with Crippen molar-refractivity contribution in [2.45, 2.75) is 63.3 Å². The van der Waals surface area contributed by atoms with E-state index in [1.165, 1.54) is 38.8 Å². The van der Waals surface area contributed by atoms with Gasteiger partial charge in [-0.15, -0.1) is 10.2 Å². The zero-order chi connectivity index (χ0) is 16.9. The number of rotatable bonds is 5. The predicted octanol–water partition coefficient (Wildman–Crippen LogP) is 2.79. The summed E-state index contributed by atoms with van der Waals surface area (Å²) < 4.78 is 16.9. The minimum absolute atomic E-state index is 0.397. The van der Waals surface area contributed by atoms with Gasteiger partial charge in [0.25, 0.3) is 0 Å². The van der Waals surface area contributed by atoms with Crippen LogP contribution in [0.2, 0.25) is 0 Å². The quantitative estimate of drug-likeness (QED) is 0.815. The van der Waals surface area contributed by atoms with Crippen molar-refractivity contribution in [3.63, 3.8) is 0 Å². The molecule has 1 unspecified atom stereocenters. The number of hydrogen-bond donors (Lipinski definition) is 0. The van der Waals surface area contributed by atoms with Crippen molar-refractivity contribution in [2.24, 2.45) is 5.92 Å². The Labute approximate surface area is 150 Å².